The third-order valence-electron chi connectivity index (χ3n) is 2.69. The van der Waals surface area contributed by atoms with Crippen molar-refractivity contribution in [3.05, 3.63) is 58.0 Å². The summed E-state index contributed by atoms with van der Waals surface area (Å²) in [4.78, 5) is 15.5. The minimum atomic E-state index is 0.317. The second kappa shape index (κ2) is 4.34. The van der Waals surface area contributed by atoms with Gasteiger partial charge in [0, 0.05) is 16.2 Å². The molecule has 0 aliphatic heterocycles. The maximum atomic E-state index is 11.1. The van der Waals surface area contributed by atoms with E-state index in [1.54, 1.807) is 10.6 Å². The summed E-state index contributed by atoms with van der Waals surface area (Å²) in [6.45, 7) is 0. The first-order valence-corrected chi connectivity index (χ1v) is 6.15. The molecule has 0 fully saturated rings. The van der Waals surface area contributed by atoms with E-state index in [1.165, 1.54) is 0 Å². The highest BCUT2D eigenvalue weighted by molar-refractivity contribution is 9.10. The van der Waals surface area contributed by atoms with Crippen molar-refractivity contribution >= 4 is 27.4 Å². The molecule has 5 heteroatoms. The summed E-state index contributed by atoms with van der Waals surface area (Å²) in [6, 6.07) is 13.3. The molecule has 0 radical (unpaired) electrons. The summed E-state index contributed by atoms with van der Waals surface area (Å²) in [5, 5.41) is 3.11. The predicted molar refractivity (Wildman–Crippen MR) is 73.8 cm³/mol. The van der Waals surface area contributed by atoms with Crippen LogP contribution in [0.2, 0.25) is 0 Å². The molecule has 0 spiro atoms. The molecule has 0 saturated heterocycles. The van der Waals surface area contributed by atoms with Crippen LogP contribution in [0.5, 0.6) is 0 Å². The summed E-state index contributed by atoms with van der Waals surface area (Å²) in [7, 11) is 0. The lowest BCUT2D eigenvalue weighted by atomic mass is 10.1. The Balaban J connectivity index is 2.33. The maximum absolute atomic E-state index is 11.1. The Bertz CT molecular complexity index is 722. The number of fused-ring (bicyclic) bond motifs is 1. The molecule has 1 aromatic carbocycles. The molecule has 88 valence electrons. The minimum absolute atomic E-state index is 0.317. The van der Waals surface area contributed by atoms with Gasteiger partial charge in [0.15, 0.2) is 0 Å². The van der Waals surface area contributed by atoms with Crippen LogP contribution < -0.4 is 0 Å². The van der Waals surface area contributed by atoms with Crippen LogP contribution in [0.3, 0.4) is 0 Å². The standard InChI is InChI=1S/C13H8BrN3O/c14-10-6-7-11-15-12(9-4-2-1-3-5-9)13(16-18)17(11)8-10/h1-8H. The maximum Gasteiger partial charge on any atom is 0.209 e. The van der Waals surface area contributed by atoms with Crippen LogP contribution in [0.1, 0.15) is 0 Å². The zero-order chi connectivity index (χ0) is 12.5. The van der Waals surface area contributed by atoms with E-state index in [0.29, 0.717) is 17.2 Å². The third kappa shape index (κ3) is 1.73. The lowest BCUT2D eigenvalue weighted by molar-refractivity contribution is 1.15. The lowest BCUT2D eigenvalue weighted by Crippen LogP contribution is -1.82. The van der Waals surface area contributed by atoms with Crippen molar-refractivity contribution < 1.29 is 0 Å². The molecule has 0 aliphatic carbocycles. The molecule has 0 amide bonds. The first-order chi connectivity index (χ1) is 8.79. The zero-order valence-electron chi connectivity index (χ0n) is 9.25. The molecule has 0 saturated carbocycles. The summed E-state index contributed by atoms with van der Waals surface area (Å²) in [5.74, 6) is 0.317. The van der Waals surface area contributed by atoms with Gasteiger partial charge in [-0.15, -0.1) is 4.91 Å². The molecule has 3 aromatic rings. The smallest absolute Gasteiger partial charge is 0.209 e. The number of pyridine rings is 1. The highest BCUT2D eigenvalue weighted by Gasteiger charge is 2.14. The molecule has 2 aromatic heterocycles. The first-order valence-electron chi connectivity index (χ1n) is 5.36. The van der Waals surface area contributed by atoms with Crippen molar-refractivity contribution in [2.45, 2.75) is 0 Å². The van der Waals surface area contributed by atoms with Gasteiger partial charge in [-0.1, -0.05) is 30.3 Å². The number of imidazole rings is 1. The molecule has 0 atom stereocenters. The molecule has 3 rings (SSSR count). The van der Waals surface area contributed by atoms with Crippen LogP contribution in [0.15, 0.2) is 58.3 Å². The number of rotatable bonds is 2. The Morgan fingerprint density at radius 3 is 2.61 bits per heavy atom. The quantitative estimate of drug-likeness (QED) is 0.667. The van der Waals surface area contributed by atoms with Crippen LogP contribution in [0.4, 0.5) is 5.82 Å². The van der Waals surface area contributed by atoms with Crippen LogP contribution in [0.25, 0.3) is 16.9 Å². The molecule has 0 aliphatic rings. The molecule has 0 bridgehead atoms. The van der Waals surface area contributed by atoms with Crippen molar-refractivity contribution in [2.24, 2.45) is 5.18 Å². The number of nitroso groups, excluding NO2 is 1. The summed E-state index contributed by atoms with van der Waals surface area (Å²) in [5.41, 5.74) is 2.18. The summed E-state index contributed by atoms with van der Waals surface area (Å²) in [6.07, 6.45) is 1.78. The average Bonchev–Trinajstić information content (AvgIpc) is 2.77. The van der Waals surface area contributed by atoms with E-state index in [9.17, 15) is 4.91 Å². The Morgan fingerprint density at radius 1 is 1.11 bits per heavy atom. The van der Waals surface area contributed by atoms with Crippen LogP contribution >= 0.6 is 15.9 Å². The molecular weight excluding hydrogens is 294 g/mol. The van der Waals surface area contributed by atoms with Gasteiger partial charge in [0.1, 0.15) is 11.3 Å². The van der Waals surface area contributed by atoms with E-state index in [1.807, 2.05) is 42.5 Å². The normalized spacial score (nSPS) is 10.7. The molecule has 0 unspecified atom stereocenters. The third-order valence-corrected chi connectivity index (χ3v) is 3.16. The van der Waals surface area contributed by atoms with Gasteiger partial charge < -0.3 is 0 Å². The average molecular weight is 302 g/mol. The number of hydrogen-bond acceptors (Lipinski definition) is 3. The zero-order valence-corrected chi connectivity index (χ0v) is 10.8. The van der Waals surface area contributed by atoms with E-state index < -0.39 is 0 Å². The van der Waals surface area contributed by atoms with Crippen LogP contribution in [-0.4, -0.2) is 9.38 Å². The monoisotopic (exact) mass is 301 g/mol. The topological polar surface area (TPSA) is 46.7 Å². The van der Waals surface area contributed by atoms with Gasteiger partial charge in [0.2, 0.25) is 5.82 Å². The van der Waals surface area contributed by atoms with Crippen molar-refractivity contribution in [3.8, 4) is 11.3 Å². The van der Waals surface area contributed by atoms with Gasteiger partial charge in [0.05, 0.1) is 0 Å². The molecule has 2 heterocycles. The Morgan fingerprint density at radius 2 is 1.89 bits per heavy atom. The van der Waals surface area contributed by atoms with Crippen molar-refractivity contribution in [1.29, 1.82) is 0 Å². The number of aromatic nitrogens is 2. The van der Waals surface area contributed by atoms with E-state index in [4.69, 9.17) is 0 Å². The van der Waals surface area contributed by atoms with Crippen molar-refractivity contribution in [2.75, 3.05) is 0 Å². The number of nitrogens with zero attached hydrogens (tertiary/aromatic N) is 3. The number of halogens is 1. The predicted octanol–water partition coefficient (Wildman–Crippen LogP) is 4.16. The Kier molecular flexibility index (Phi) is 2.68. The summed E-state index contributed by atoms with van der Waals surface area (Å²) < 4.78 is 2.55. The van der Waals surface area contributed by atoms with Crippen molar-refractivity contribution in [3.63, 3.8) is 0 Å². The molecule has 18 heavy (non-hydrogen) atoms. The SMILES string of the molecule is O=Nc1c(-c2ccccc2)nc2ccc(Br)cn12. The minimum Gasteiger partial charge on any atom is -0.280 e. The van der Waals surface area contributed by atoms with E-state index in [-0.39, 0.29) is 0 Å². The summed E-state index contributed by atoms with van der Waals surface area (Å²) >= 11 is 3.37. The van der Waals surface area contributed by atoms with Gasteiger partial charge in [-0.3, -0.25) is 4.40 Å². The first kappa shape index (κ1) is 11.1. The van der Waals surface area contributed by atoms with E-state index in [2.05, 4.69) is 26.1 Å². The Labute approximate surface area is 111 Å². The van der Waals surface area contributed by atoms with E-state index >= 15 is 0 Å². The number of benzene rings is 1. The van der Waals surface area contributed by atoms with E-state index in [0.717, 1.165) is 10.0 Å². The Hall–Kier alpha value is -2.01. The second-order valence-corrected chi connectivity index (χ2v) is 4.73. The number of hydrogen-bond donors (Lipinski definition) is 0. The van der Waals surface area contributed by atoms with Gasteiger partial charge >= 0.3 is 0 Å². The fourth-order valence-electron chi connectivity index (χ4n) is 1.88. The van der Waals surface area contributed by atoms with Crippen molar-refractivity contribution in [1.82, 2.24) is 9.38 Å². The molecular formula is C13H8BrN3O. The lowest BCUT2D eigenvalue weighted by Gasteiger charge is -1.97. The van der Waals surface area contributed by atoms with Gasteiger partial charge in [-0.2, -0.15) is 0 Å². The largest absolute Gasteiger partial charge is 0.280 e. The van der Waals surface area contributed by atoms with Crippen LogP contribution in [-0.2, 0) is 0 Å². The van der Waals surface area contributed by atoms with Gasteiger partial charge in [-0.05, 0) is 33.2 Å². The van der Waals surface area contributed by atoms with Gasteiger partial charge in [0.25, 0.3) is 0 Å². The van der Waals surface area contributed by atoms with Crippen LogP contribution in [0, 0.1) is 4.91 Å². The second-order valence-electron chi connectivity index (χ2n) is 3.82. The fraction of sp³-hybridized carbons (Fsp3) is 0. The highest BCUT2D eigenvalue weighted by atomic mass is 79.9. The van der Waals surface area contributed by atoms with Gasteiger partial charge in [-0.25, -0.2) is 4.98 Å². The highest BCUT2D eigenvalue weighted by Crippen LogP contribution is 2.31. The molecule has 4 nitrogen and oxygen atoms in total. The molecule has 0 N–H and O–H groups in total. The fourth-order valence-corrected chi connectivity index (χ4v) is 2.22.